The van der Waals surface area contributed by atoms with Gasteiger partial charge in [0.25, 0.3) is 0 Å². The molecule has 1 amide bonds. The third-order valence-electron chi connectivity index (χ3n) is 1.96. The highest BCUT2D eigenvalue weighted by molar-refractivity contribution is 5.84. The van der Waals surface area contributed by atoms with Crippen molar-refractivity contribution in [1.82, 2.24) is 10.3 Å². The molecule has 1 unspecified atom stereocenters. The molecular weight excluding hydrogens is 210 g/mol. The van der Waals surface area contributed by atoms with Crippen LogP contribution < -0.4 is 11.1 Å². The highest BCUT2D eigenvalue weighted by Crippen LogP contribution is 1.96. The Morgan fingerprint density at radius 1 is 1.44 bits per heavy atom. The van der Waals surface area contributed by atoms with Crippen LogP contribution in [0.1, 0.15) is 12.0 Å². The van der Waals surface area contributed by atoms with Crippen molar-refractivity contribution in [3.8, 4) is 0 Å². The maximum atomic E-state index is 11.3. The molecule has 0 radical (unpaired) electrons. The predicted octanol–water partition coefficient (Wildman–Crippen LogP) is -0.500. The zero-order chi connectivity index (χ0) is 12.0. The summed E-state index contributed by atoms with van der Waals surface area (Å²) in [6.07, 6.45) is 3.01. The molecule has 0 fully saturated rings. The minimum Gasteiger partial charge on any atom is -0.480 e. The predicted molar refractivity (Wildman–Crippen MR) is 56.3 cm³/mol. The van der Waals surface area contributed by atoms with E-state index in [9.17, 15) is 9.59 Å². The molecule has 0 bridgehead atoms. The summed E-state index contributed by atoms with van der Waals surface area (Å²) in [7, 11) is 0. The first kappa shape index (κ1) is 12.1. The van der Waals surface area contributed by atoms with Gasteiger partial charge in [0.05, 0.1) is 6.42 Å². The molecule has 1 rings (SSSR count). The van der Waals surface area contributed by atoms with Crippen LogP contribution in [0, 0.1) is 0 Å². The van der Waals surface area contributed by atoms with Crippen molar-refractivity contribution in [3.63, 3.8) is 0 Å². The monoisotopic (exact) mass is 223 g/mol. The fourth-order valence-corrected chi connectivity index (χ4v) is 1.06. The summed E-state index contributed by atoms with van der Waals surface area (Å²) in [6, 6.07) is 2.37. The number of aliphatic carboxylic acids is 1. The molecular formula is C10H13N3O3. The number of carboxylic acids is 1. The highest BCUT2D eigenvalue weighted by atomic mass is 16.4. The van der Waals surface area contributed by atoms with Crippen LogP contribution in [0.4, 0.5) is 0 Å². The molecule has 0 saturated heterocycles. The molecule has 86 valence electrons. The number of nitrogens with zero attached hydrogens (tertiary/aromatic N) is 1. The number of carbonyl (C=O) groups excluding carboxylic acids is 1. The molecule has 0 aliphatic heterocycles. The average Bonchev–Trinajstić information content (AvgIpc) is 2.27. The summed E-state index contributed by atoms with van der Waals surface area (Å²) >= 11 is 0. The Kier molecular flexibility index (Phi) is 4.41. The van der Waals surface area contributed by atoms with Crippen LogP contribution in [-0.2, 0) is 16.1 Å². The Hall–Kier alpha value is -1.95. The van der Waals surface area contributed by atoms with E-state index in [1.165, 1.54) is 0 Å². The number of hydrogen-bond acceptors (Lipinski definition) is 4. The number of nitrogens with one attached hydrogen (secondary N) is 1. The van der Waals surface area contributed by atoms with Crippen molar-refractivity contribution in [2.45, 2.75) is 19.0 Å². The van der Waals surface area contributed by atoms with Gasteiger partial charge >= 0.3 is 5.97 Å². The summed E-state index contributed by atoms with van der Waals surface area (Å²) in [5.74, 6) is -1.56. The number of nitrogens with two attached hydrogens (primary N) is 1. The molecule has 0 aromatic carbocycles. The van der Waals surface area contributed by atoms with E-state index in [0.29, 0.717) is 6.54 Å². The summed E-state index contributed by atoms with van der Waals surface area (Å²) in [6.45, 7) is 0.341. The molecule has 6 heteroatoms. The van der Waals surface area contributed by atoms with Crippen molar-refractivity contribution < 1.29 is 14.7 Å². The van der Waals surface area contributed by atoms with E-state index in [1.54, 1.807) is 24.5 Å². The second kappa shape index (κ2) is 5.82. The van der Waals surface area contributed by atoms with Crippen molar-refractivity contribution >= 4 is 11.9 Å². The number of carboxylic acid groups (broad SMARTS) is 1. The zero-order valence-corrected chi connectivity index (χ0v) is 8.59. The van der Waals surface area contributed by atoms with Crippen LogP contribution in [-0.4, -0.2) is 28.0 Å². The van der Waals surface area contributed by atoms with Crippen molar-refractivity contribution in [2.24, 2.45) is 5.73 Å². The lowest BCUT2D eigenvalue weighted by Crippen LogP contribution is -2.36. The first-order valence-corrected chi connectivity index (χ1v) is 4.73. The molecule has 0 spiro atoms. The normalized spacial score (nSPS) is 11.8. The molecule has 0 saturated carbocycles. The minimum absolute atomic E-state index is 0.222. The molecule has 1 aromatic heterocycles. The minimum atomic E-state index is -1.18. The van der Waals surface area contributed by atoms with Crippen LogP contribution in [0.3, 0.4) is 0 Å². The molecule has 0 aliphatic rings. The van der Waals surface area contributed by atoms with Gasteiger partial charge < -0.3 is 16.2 Å². The van der Waals surface area contributed by atoms with Gasteiger partial charge in [-0.15, -0.1) is 0 Å². The Morgan fingerprint density at radius 3 is 2.62 bits per heavy atom. The summed E-state index contributed by atoms with van der Waals surface area (Å²) < 4.78 is 0. The molecule has 6 nitrogen and oxygen atoms in total. The lowest BCUT2D eigenvalue weighted by molar-refractivity contribution is -0.140. The standard InChI is InChI=1S/C10H13N3O3/c11-8(10(15)16)5-9(14)13-6-7-1-3-12-4-2-7/h1-4,8H,5-6,11H2,(H,13,14)(H,15,16). The van der Waals surface area contributed by atoms with Gasteiger partial charge in [-0.05, 0) is 17.7 Å². The smallest absolute Gasteiger partial charge is 0.321 e. The van der Waals surface area contributed by atoms with Gasteiger partial charge in [-0.1, -0.05) is 0 Å². The largest absolute Gasteiger partial charge is 0.480 e. The Balaban J connectivity index is 2.33. The SMILES string of the molecule is NC(CC(=O)NCc1ccncc1)C(=O)O. The number of carbonyl (C=O) groups is 2. The number of pyridine rings is 1. The average molecular weight is 223 g/mol. The van der Waals surface area contributed by atoms with Crippen LogP contribution >= 0.6 is 0 Å². The van der Waals surface area contributed by atoms with Gasteiger partial charge in [-0.2, -0.15) is 0 Å². The van der Waals surface area contributed by atoms with Gasteiger partial charge in [0.2, 0.25) is 5.91 Å². The molecule has 4 N–H and O–H groups in total. The Bertz CT molecular complexity index is 367. The van der Waals surface area contributed by atoms with E-state index in [-0.39, 0.29) is 12.3 Å². The van der Waals surface area contributed by atoms with Crippen molar-refractivity contribution in [2.75, 3.05) is 0 Å². The summed E-state index contributed by atoms with van der Waals surface area (Å²) in [4.78, 5) is 25.5. The fourth-order valence-electron chi connectivity index (χ4n) is 1.06. The van der Waals surface area contributed by atoms with Gasteiger partial charge in [0.15, 0.2) is 0 Å². The highest BCUT2D eigenvalue weighted by Gasteiger charge is 2.15. The maximum absolute atomic E-state index is 11.3. The lowest BCUT2D eigenvalue weighted by atomic mass is 10.2. The maximum Gasteiger partial charge on any atom is 0.321 e. The molecule has 0 aliphatic carbocycles. The molecule has 16 heavy (non-hydrogen) atoms. The third-order valence-corrected chi connectivity index (χ3v) is 1.96. The van der Waals surface area contributed by atoms with E-state index in [1.807, 2.05) is 0 Å². The first-order valence-electron chi connectivity index (χ1n) is 4.73. The van der Waals surface area contributed by atoms with E-state index >= 15 is 0 Å². The summed E-state index contributed by atoms with van der Waals surface area (Å²) in [5.41, 5.74) is 6.11. The number of rotatable bonds is 5. The third kappa shape index (κ3) is 4.05. The van der Waals surface area contributed by atoms with Gasteiger partial charge in [-0.3, -0.25) is 14.6 Å². The molecule has 1 aromatic rings. The Morgan fingerprint density at radius 2 is 2.06 bits per heavy atom. The number of hydrogen-bond donors (Lipinski definition) is 3. The zero-order valence-electron chi connectivity index (χ0n) is 8.59. The van der Waals surface area contributed by atoms with Gasteiger partial charge in [0.1, 0.15) is 6.04 Å². The lowest BCUT2D eigenvalue weighted by Gasteiger charge is -2.07. The quantitative estimate of drug-likeness (QED) is 0.624. The number of amides is 1. The van der Waals surface area contributed by atoms with Crippen molar-refractivity contribution in [3.05, 3.63) is 30.1 Å². The second-order valence-corrected chi connectivity index (χ2v) is 3.28. The molecule has 1 atom stereocenters. The van der Waals surface area contributed by atoms with E-state index in [0.717, 1.165) is 5.56 Å². The van der Waals surface area contributed by atoms with E-state index in [2.05, 4.69) is 10.3 Å². The Labute approximate surface area is 92.5 Å². The number of aromatic nitrogens is 1. The van der Waals surface area contributed by atoms with Crippen molar-refractivity contribution in [1.29, 1.82) is 0 Å². The topological polar surface area (TPSA) is 105 Å². The second-order valence-electron chi connectivity index (χ2n) is 3.28. The fraction of sp³-hybridized carbons (Fsp3) is 0.300. The van der Waals surface area contributed by atoms with Crippen LogP contribution in [0.2, 0.25) is 0 Å². The van der Waals surface area contributed by atoms with Crippen LogP contribution in [0.15, 0.2) is 24.5 Å². The van der Waals surface area contributed by atoms with E-state index < -0.39 is 12.0 Å². The summed E-state index contributed by atoms with van der Waals surface area (Å²) in [5, 5.41) is 11.1. The molecule has 1 heterocycles. The first-order chi connectivity index (χ1) is 7.59. The van der Waals surface area contributed by atoms with E-state index in [4.69, 9.17) is 10.8 Å². The van der Waals surface area contributed by atoms with Crippen LogP contribution in [0.5, 0.6) is 0 Å². The van der Waals surface area contributed by atoms with Gasteiger partial charge in [-0.25, -0.2) is 0 Å². The van der Waals surface area contributed by atoms with Crippen LogP contribution in [0.25, 0.3) is 0 Å². The van der Waals surface area contributed by atoms with Gasteiger partial charge in [0, 0.05) is 18.9 Å².